The molecule has 0 spiro atoms. The Hall–Kier alpha value is -2.53. The molecule has 1 saturated heterocycles. The number of rotatable bonds is 6. The molecule has 2 aromatic heterocycles. The first-order valence-corrected chi connectivity index (χ1v) is 8.84. The second kappa shape index (κ2) is 6.32. The van der Waals surface area contributed by atoms with E-state index in [-0.39, 0.29) is 5.60 Å². The van der Waals surface area contributed by atoms with E-state index in [4.69, 9.17) is 18.3 Å². The molecular weight excluding hydrogens is 332 g/mol. The molecule has 0 N–H and O–H groups in total. The van der Waals surface area contributed by atoms with Crippen molar-refractivity contribution >= 4 is 21.9 Å². The highest BCUT2D eigenvalue weighted by Crippen LogP contribution is 2.39. The Bertz CT molecular complexity index is 1040. The molecule has 0 radical (unpaired) electrons. The van der Waals surface area contributed by atoms with Crippen LogP contribution >= 0.6 is 0 Å². The molecule has 0 aliphatic carbocycles. The molecule has 26 heavy (non-hydrogen) atoms. The lowest BCUT2D eigenvalue weighted by Crippen LogP contribution is -2.03. The van der Waals surface area contributed by atoms with Gasteiger partial charge in [-0.1, -0.05) is 5.57 Å². The van der Waals surface area contributed by atoms with Crippen molar-refractivity contribution in [1.29, 1.82) is 0 Å². The molecule has 5 nitrogen and oxygen atoms in total. The Kier molecular flexibility index (Phi) is 4.11. The van der Waals surface area contributed by atoms with Gasteiger partial charge in [-0.3, -0.25) is 0 Å². The summed E-state index contributed by atoms with van der Waals surface area (Å²) >= 11 is 0. The summed E-state index contributed by atoms with van der Waals surface area (Å²) in [4.78, 5) is 11.6. The third-order valence-corrected chi connectivity index (χ3v) is 4.91. The van der Waals surface area contributed by atoms with Gasteiger partial charge < -0.3 is 18.3 Å². The number of hydrogen-bond donors (Lipinski definition) is 0. The maximum atomic E-state index is 11.6. The van der Waals surface area contributed by atoms with Gasteiger partial charge in [0.05, 0.1) is 18.0 Å². The van der Waals surface area contributed by atoms with Crippen LogP contribution in [0, 0.1) is 0 Å². The van der Waals surface area contributed by atoms with Gasteiger partial charge in [-0.05, 0) is 57.9 Å². The van der Waals surface area contributed by atoms with Crippen molar-refractivity contribution in [3.05, 3.63) is 52.6 Å². The van der Waals surface area contributed by atoms with Crippen molar-refractivity contribution in [3.8, 4) is 5.75 Å². The SMILES string of the molecule is C/C(=C\COc1c2occc2cc2ccc(=O)oc12)CCC1OC1(C)C. The van der Waals surface area contributed by atoms with Gasteiger partial charge in [-0.2, -0.15) is 0 Å². The van der Waals surface area contributed by atoms with Gasteiger partial charge in [0.15, 0.2) is 11.2 Å². The molecule has 1 unspecified atom stereocenters. The van der Waals surface area contributed by atoms with Crippen molar-refractivity contribution in [2.75, 3.05) is 6.61 Å². The maximum Gasteiger partial charge on any atom is 0.336 e. The second-order valence-corrected chi connectivity index (χ2v) is 7.33. The summed E-state index contributed by atoms with van der Waals surface area (Å²) in [6.07, 6.45) is 5.98. The van der Waals surface area contributed by atoms with Crippen LogP contribution < -0.4 is 10.4 Å². The molecule has 1 aliphatic rings. The minimum absolute atomic E-state index is 0.0299. The molecule has 4 rings (SSSR count). The lowest BCUT2D eigenvalue weighted by molar-refractivity contribution is 0.320. The monoisotopic (exact) mass is 354 g/mol. The maximum absolute atomic E-state index is 11.6. The van der Waals surface area contributed by atoms with Gasteiger partial charge in [-0.15, -0.1) is 0 Å². The van der Waals surface area contributed by atoms with Crippen LogP contribution in [0.1, 0.15) is 33.6 Å². The first-order chi connectivity index (χ1) is 12.4. The average molecular weight is 354 g/mol. The summed E-state index contributed by atoms with van der Waals surface area (Å²) in [7, 11) is 0. The lowest BCUT2D eigenvalue weighted by Gasteiger charge is -2.08. The van der Waals surface area contributed by atoms with E-state index in [0.29, 0.717) is 29.6 Å². The van der Waals surface area contributed by atoms with Crippen LogP contribution in [0.25, 0.3) is 21.9 Å². The van der Waals surface area contributed by atoms with Crippen molar-refractivity contribution in [2.45, 2.75) is 45.3 Å². The molecule has 1 aromatic carbocycles. The Morgan fingerprint density at radius 2 is 2.00 bits per heavy atom. The highest BCUT2D eigenvalue weighted by atomic mass is 16.6. The number of furan rings is 1. The number of allylic oxidation sites excluding steroid dienone is 1. The molecule has 0 saturated carbocycles. The van der Waals surface area contributed by atoms with E-state index in [1.165, 1.54) is 11.6 Å². The predicted molar refractivity (Wildman–Crippen MR) is 99.7 cm³/mol. The second-order valence-electron chi connectivity index (χ2n) is 7.33. The minimum Gasteiger partial charge on any atom is -0.482 e. The third kappa shape index (κ3) is 3.27. The van der Waals surface area contributed by atoms with Gasteiger partial charge in [-0.25, -0.2) is 4.79 Å². The van der Waals surface area contributed by atoms with Gasteiger partial charge in [0.2, 0.25) is 5.75 Å². The predicted octanol–water partition coefficient (Wildman–Crippen LogP) is 4.82. The molecule has 0 amide bonds. The van der Waals surface area contributed by atoms with Gasteiger partial charge in [0.1, 0.15) is 6.61 Å². The fraction of sp³-hybridized carbons (Fsp3) is 0.381. The van der Waals surface area contributed by atoms with Crippen molar-refractivity contribution in [3.63, 3.8) is 0 Å². The van der Waals surface area contributed by atoms with Crippen LogP contribution in [0.4, 0.5) is 0 Å². The van der Waals surface area contributed by atoms with E-state index < -0.39 is 5.63 Å². The summed E-state index contributed by atoms with van der Waals surface area (Å²) in [5.41, 5.74) is 1.87. The smallest absolute Gasteiger partial charge is 0.336 e. The molecule has 1 atom stereocenters. The Labute approximate surface area is 151 Å². The first-order valence-electron chi connectivity index (χ1n) is 8.84. The van der Waals surface area contributed by atoms with Crippen LogP contribution in [0.2, 0.25) is 0 Å². The van der Waals surface area contributed by atoms with Crippen molar-refractivity contribution in [2.24, 2.45) is 0 Å². The zero-order chi connectivity index (χ0) is 18.3. The summed E-state index contributed by atoms with van der Waals surface area (Å²) < 4.78 is 22.5. The van der Waals surface area contributed by atoms with Gasteiger partial charge >= 0.3 is 5.63 Å². The lowest BCUT2D eigenvalue weighted by atomic mass is 10.0. The molecule has 1 fully saturated rings. The summed E-state index contributed by atoms with van der Waals surface area (Å²) in [5.74, 6) is 0.468. The molecule has 3 aromatic rings. The summed E-state index contributed by atoms with van der Waals surface area (Å²) in [6.45, 7) is 6.70. The van der Waals surface area contributed by atoms with Crippen LogP contribution in [-0.4, -0.2) is 18.3 Å². The molecular formula is C21H22O5. The Morgan fingerprint density at radius 1 is 1.23 bits per heavy atom. The largest absolute Gasteiger partial charge is 0.482 e. The fourth-order valence-electron chi connectivity index (χ4n) is 3.20. The normalized spacial score (nSPS) is 19.2. The highest BCUT2D eigenvalue weighted by Gasteiger charge is 2.46. The van der Waals surface area contributed by atoms with Crippen LogP contribution in [0.3, 0.4) is 0 Å². The number of hydrogen-bond acceptors (Lipinski definition) is 5. The number of ether oxygens (including phenoxy) is 2. The van der Waals surface area contributed by atoms with Crippen LogP contribution in [0.5, 0.6) is 5.75 Å². The van der Waals surface area contributed by atoms with E-state index in [1.807, 2.05) is 18.2 Å². The minimum atomic E-state index is -0.410. The Morgan fingerprint density at radius 3 is 2.77 bits per heavy atom. The standard InChI is InChI=1S/C21H22O5/c1-13(4-6-16-21(2,3)26-16)8-10-24-20-18-15(9-11-23-18)12-14-5-7-17(22)25-19(14)20/h5,7-9,11-12,16H,4,6,10H2,1-3H3/b13-8+. The molecule has 0 bridgehead atoms. The van der Waals surface area contributed by atoms with E-state index in [1.54, 1.807) is 12.3 Å². The van der Waals surface area contributed by atoms with E-state index >= 15 is 0 Å². The van der Waals surface area contributed by atoms with Crippen LogP contribution in [0.15, 0.2) is 55.8 Å². The van der Waals surface area contributed by atoms with E-state index in [2.05, 4.69) is 20.8 Å². The third-order valence-electron chi connectivity index (χ3n) is 4.91. The quantitative estimate of drug-likeness (QED) is 0.361. The number of fused-ring (bicyclic) bond motifs is 2. The average Bonchev–Trinajstić information content (AvgIpc) is 2.99. The zero-order valence-corrected chi connectivity index (χ0v) is 15.2. The van der Waals surface area contributed by atoms with Crippen molar-refractivity contribution in [1.82, 2.24) is 0 Å². The topological polar surface area (TPSA) is 65.1 Å². The zero-order valence-electron chi connectivity index (χ0n) is 15.2. The molecule has 3 heterocycles. The van der Waals surface area contributed by atoms with Crippen LogP contribution in [-0.2, 0) is 4.74 Å². The van der Waals surface area contributed by atoms with E-state index in [0.717, 1.165) is 23.6 Å². The van der Waals surface area contributed by atoms with Crippen molar-refractivity contribution < 1.29 is 18.3 Å². The highest BCUT2D eigenvalue weighted by molar-refractivity contribution is 5.99. The molecule has 136 valence electrons. The first kappa shape index (κ1) is 16.9. The summed E-state index contributed by atoms with van der Waals surface area (Å²) in [5, 5.41) is 1.72. The summed E-state index contributed by atoms with van der Waals surface area (Å²) in [6, 6.07) is 6.93. The number of benzene rings is 1. The molecule has 5 heteroatoms. The van der Waals surface area contributed by atoms with E-state index in [9.17, 15) is 4.79 Å². The Balaban J connectivity index is 1.52. The van der Waals surface area contributed by atoms with Gasteiger partial charge in [0.25, 0.3) is 0 Å². The molecule has 1 aliphatic heterocycles. The van der Waals surface area contributed by atoms with Gasteiger partial charge in [0, 0.05) is 16.8 Å². The fourth-order valence-corrected chi connectivity index (χ4v) is 3.20. The number of epoxide rings is 1.